The van der Waals surface area contributed by atoms with E-state index in [1.54, 1.807) is 53.7 Å². The molecular weight excluding hydrogens is 404 g/mol. The number of benzene rings is 2. The number of carbonyl (C=O) groups excluding carboxylic acids is 2. The number of aromatic nitrogens is 2. The third kappa shape index (κ3) is 4.61. The topological polar surface area (TPSA) is 75.6 Å². The van der Waals surface area contributed by atoms with Gasteiger partial charge < -0.3 is 14.5 Å². The van der Waals surface area contributed by atoms with Gasteiger partial charge in [0.15, 0.2) is 11.6 Å². The number of carbonyl (C=O) groups is 2. The SMILES string of the molecule is CN(C)c1nccnc1OC1CCCN(C(=O)c2ccccc2C(=O)c2ccccc2)C1. The first kappa shape index (κ1) is 21.5. The molecule has 0 saturated carbocycles. The van der Waals surface area contributed by atoms with Crippen molar-refractivity contribution in [3.8, 4) is 5.88 Å². The predicted octanol–water partition coefficient (Wildman–Crippen LogP) is 3.46. The maximum absolute atomic E-state index is 13.4. The van der Waals surface area contributed by atoms with Crippen molar-refractivity contribution in [2.75, 3.05) is 32.1 Å². The number of ketones is 1. The third-order valence-electron chi connectivity index (χ3n) is 5.45. The molecule has 1 atom stereocenters. The van der Waals surface area contributed by atoms with E-state index in [9.17, 15) is 9.59 Å². The Kier molecular flexibility index (Phi) is 6.44. The molecule has 1 aliphatic heterocycles. The van der Waals surface area contributed by atoms with E-state index in [-0.39, 0.29) is 17.8 Å². The molecule has 1 aliphatic rings. The van der Waals surface area contributed by atoms with Crippen LogP contribution in [0.1, 0.15) is 39.1 Å². The van der Waals surface area contributed by atoms with Gasteiger partial charge in [0.1, 0.15) is 6.10 Å². The van der Waals surface area contributed by atoms with Crippen molar-refractivity contribution in [3.63, 3.8) is 0 Å². The van der Waals surface area contributed by atoms with Crippen LogP contribution in [0.5, 0.6) is 5.88 Å². The Balaban J connectivity index is 1.53. The highest BCUT2D eigenvalue weighted by Gasteiger charge is 2.29. The van der Waals surface area contributed by atoms with Gasteiger partial charge in [-0.3, -0.25) is 9.59 Å². The summed E-state index contributed by atoms with van der Waals surface area (Å²) in [4.78, 5) is 38.7. The first-order chi connectivity index (χ1) is 15.5. The largest absolute Gasteiger partial charge is 0.470 e. The second kappa shape index (κ2) is 9.60. The van der Waals surface area contributed by atoms with Crippen molar-refractivity contribution in [3.05, 3.63) is 83.7 Å². The fourth-order valence-corrected chi connectivity index (χ4v) is 3.87. The van der Waals surface area contributed by atoms with Crippen LogP contribution in [0.3, 0.4) is 0 Å². The first-order valence-electron chi connectivity index (χ1n) is 10.7. The Morgan fingerprint density at radius 1 is 0.969 bits per heavy atom. The minimum atomic E-state index is -0.194. The van der Waals surface area contributed by atoms with Crippen LogP contribution in [-0.2, 0) is 0 Å². The van der Waals surface area contributed by atoms with E-state index < -0.39 is 0 Å². The lowest BCUT2D eigenvalue weighted by molar-refractivity contribution is 0.0526. The van der Waals surface area contributed by atoms with Gasteiger partial charge >= 0.3 is 0 Å². The van der Waals surface area contributed by atoms with Crippen molar-refractivity contribution >= 4 is 17.5 Å². The Morgan fingerprint density at radius 2 is 1.66 bits per heavy atom. The maximum atomic E-state index is 13.4. The van der Waals surface area contributed by atoms with E-state index in [4.69, 9.17) is 4.74 Å². The van der Waals surface area contributed by atoms with Crippen molar-refractivity contribution in [1.82, 2.24) is 14.9 Å². The summed E-state index contributed by atoms with van der Waals surface area (Å²) in [7, 11) is 3.77. The van der Waals surface area contributed by atoms with E-state index in [1.165, 1.54) is 0 Å². The summed E-state index contributed by atoms with van der Waals surface area (Å²) in [6, 6.07) is 16.0. The minimum Gasteiger partial charge on any atom is -0.470 e. The molecule has 7 nitrogen and oxygen atoms in total. The van der Waals surface area contributed by atoms with E-state index in [0.717, 1.165) is 12.8 Å². The summed E-state index contributed by atoms with van der Waals surface area (Å²) < 4.78 is 6.13. The maximum Gasteiger partial charge on any atom is 0.257 e. The van der Waals surface area contributed by atoms with E-state index in [1.807, 2.05) is 37.2 Å². The zero-order valence-electron chi connectivity index (χ0n) is 18.3. The Labute approximate surface area is 187 Å². The fourth-order valence-electron chi connectivity index (χ4n) is 3.87. The lowest BCUT2D eigenvalue weighted by atomic mass is 9.97. The lowest BCUT2D eigenvalue weighted by Crippen LogP contribution is -2.45. The molecule has 0 aliphatic carbocycles. The second-order valence-electron chi connectivity index (χ2n) is 7.95. The van der Waals surface area contributed by atoms with E-state index in [0.29, 0.717) is 41.5 Å². The number of rotatable bonds is 6. The van der Waals surface area contributed by atoms with E-state index >= 15 is 0 Å². The average Bonchev–Trinajstić information content (AvgIpc) is 2.84. The molecule has 0 spiro atoms. The molecule has 1 fully saturated rings. The van der Waals surface area contributed by atoms with Gasteiger partial charge in [-0.1, -0.05) is 48.5 Å². The molecule has 1 amide bonds. The highest BCUT2D eigenvalue weighted by atomic mass is 16.5. The third-order valence-corrected chi connectivity index (χ3v) is 5.45. The molecule has 4 rings (SSSR count). The number of piperidine rings is 1. The Morgan fingerprint density at radius 3 is 2.41 bits per heavy atom. The zero-order valence-corrected chi connectivity index (χ0v) is 18.3. The van der Waals surface area contributed by atoms with Gasteiger partial charge in [-0.15, -0.1) is 0 Å². The number of nitrogens with zero attached hydrogens (tertiary/aromatic N) is 4. The number of amides is 1. The standard InChI is InChI=1S/C25H26N4O3/c1-28(2)23-24(27-15-14-26-23)32-19-11-8-16-29(17-19)25(31)21-13-7-6-12-20(21)22(30)18-9-4-3-5-10-18/h3-7,9-10,12-15,19H,8,11,16-17H2,1-2H3. The summed E-state index contributed by atoms with van der Waals surface area (Å²) in [6.45, 7) is 1.05. The molecule has 0 bridgehead atoms. The molecule has 32 heavy (non-hydrogen) atoms. The Hall–Kier alpha value is -3.74. The van der Waals surface area contributed by atoms with Crippen LogP contribution in [0, 0.1) is 0 Å². The summed E-state index contributed by atoms with van der Waals surface area (Å²) in [5, 5.41) is 0. The van der Waals surface area contributed by atoms with Crippen LogP contribution in [0.25, 0.3) is 0 Å². The number of ether oxygens (including phenoxy) is 1. The summed E-state index contributed by atoms with van der Waals surface area (Å²) in [5.41, 5.74) is 1.39. The van der Waals surface area contributed by atoms with Crippen molar-refractivity contribution in [2.45, 2.75) is 18.9 Å². The van der Waals surface area contributed by atoms with Gasteiger partial charge in [0.05, 0.1) is 12.1 Å². The average molecular weight is 431 g/mol. The smallest absolute Gasteiger partial charge is 0.257 e. The number of likely N-dealkylation sites (tertiary alicyclic amines) is 1. The normalized spacial score (nSPS) is 15.8. The summed E-state index contributed by atoms with van der Waals surface area (Å²) in [6.07, 6.45) is 4.65. The quantitative estimate of drug-likeness (QED) is 0.558. The zero-order chi connectivity index (χ0) is 22.5. The number of anilines is 1. The van der Waals surface area contributed by atoms with Crippen LogP contribution in [0.2, 0.25) is 0 Å². The molecule has 3 aromatic rings. The lowest BCUT2D eigenvalue weighted by Gasteiger charge is -2.33. The summed E-state index contributed by atoms with van der Waals surface area (Å²) in [5.74, 6) is 0.783. The van der Waals surface area contributed by atoms with Crippen molar-refractivity contribution in [2.24, 2.45) is 0 Å². The Bertz CT molecular complexity index is 1100. The molecule has 1 unspecified atom stereocenters. The molecular formula is C25H26N4O3. The molecule has 2 heterocycles. The van der Waals surface area contributed by atoms with Crippen LogP contribution < -0.4 is 9.64 Å². The summed E-state index contributed by atoms with van der Waals surface area (Å²) >= 11 is 0. The highest BCUT2D eigenvalue weighted by molar-refractivity contribution is 6.15. The van der Waals surface area contributed by atoms with Crippen molar-refractivity contribution < 1.29 is 14.3 Å². The van der Waals surface area contributed by atoms with Crippen LogP contribution in [-0.4, -0.2) is 59.8 Å². The minimum absolute atomic E-state index is 0.158. The monoisotopic (exact) mass is 430 g/mol. The van der Waals surface area contributed by atoms with Gasteiger partial charge in [-0.25, -0.2) is 9.97 Å². The van der Waals surface area contributed by atoms with Crippen molar-refractivity contribution in [1.29, 1.82) is 0 Å². The van der Waals surface area contributed by atoms with E-state index in [2.05, 4.69) is 9.97 Å². The number of hydrogen-bond acceptors (Lipinski definition) is 6. The van der Waals surface area contributed by atoms with Gasteiger partial charge in [0.2, 0.25) is 0 Å². The first-order valence-corrected chi connectivity index (χ1v) is 10.7. The molecule has 7 heteroatoms. The molecule has 1 saturated heterocycles. The molecule has 164 valence electrons. The van der Waals surface area contributed by atoms with Gasteiger partial charge in [0.25, 0.3) is 11.8 Å². The van der Waals surface area contributed by atoms with Crippen LogP contribution in [0.15, 0.2) is 67.0 Å². The van der Waals surface area contributed by atoms with Gasteiger partial charge in [-0.2, -0.15) is 0 Å². The number of hydrogen-bond donors (Lipinski definition) is 0. The van der Waals surface area contributed by atoms with Crippen LogP contribution in [0.4, 0.5) is 5.82 Å². The second-order valence-corrected chi connectivity index (χ2v) is 7.95. The fraction of sp³-hybridized carbons (Fsp3) is 0.280. The van der Waals surface area contributed by atoms with Gasteiger partial charge in [0, 0.05) is 44.2 Å². The molecule has 0 radical (unpaired) electrons. The molecule has 1 aromatic heterocycles. The predicted molar refractivity (Wildman–Crippen MR) is 122 cm³/mol. The molecule has 0 N–H and O–H groups in total. The van der Waals surface area contributed by atoms with Crippen LogP contribution >= 0.6 is 0 Å². The highest BCUT2D eigenvalue weighted by Crippen LogP contribution is 2.25. The van der Waals surface area contributed by atoms with Gasteiger partial charge in [-0.05, 0) is 18.9 Å². The molecule has 2 aromatic carbocycles.